The van der Waals surface area contributed by atoms with Crippen molar-refractivity contribution in [2.24, 2.45) is 0 Å². The lowest BCUT2D eigenvalue weighted by molar-refractivity contribution is -0.138. The van der Waals surface area contributed by atoms with Gasteiger partial charge >= 0.3 is 12.1 Å². The number of carboxylic acid groups (broad SMARTS) is 1. The van der Waals surface area contributed by atoms with Crippen molar-refractivity contribution >= 4 is 5.97 Å². The average molecular weight is 271 g/mol. The van der Waals surface area contributed by atoms with Crippen LogP contribution in [0.15, 0.2) is 34.9 Å². The van der Waals surface area contributed by atoms with E-state index in [1.807, 2.05) is 0 Å². The van der Waals surface area contributed by atoms with Crippen LogP contribution in [-0.4, -0.2) is 16.1 Å². The van der Waals surface area contributed by atoms with Crippen molar-refractivity contribution in [2.45, 2.75) is 12.6 Å². The van der Waals surface area contributed by atoms with Gasteiger partial charge in [-0.3, -0.25) is 4.79 Å². The van der Waals surface area contributed by atoms with E-state index in [0.29, 0.717) is 5.56 Å². The van der Waals surface area contributed by atoms with Crippen LogP contribution < -0.4 is 0 Å². The van der Waals surface area contributed by atoms with E-state index in [0.717, 1.165) is 12.1 Å². The van der Waals surface area contributed by atoms with Crippen LogP contribution in [0.4, 0.5) is 13.2 Å². The topological polar surface area (TPSA) is 63.3 Å². The zero-order chi connectivity index (χ0) is 14.0. The highest BCUT2D eigenvalue weighted by molar-refractivity contribution is 5.69. The second-order valence-electron chi connectivity index (χ2n) is 3.79. The second kappa shape index (κ2) is 4.75. The fourth-order valence-electron chi connectivity index (χ4n) is 1.48. The molecule has 1 N–H and O–H groups in total. The first-order valence-corrected chi connectivity index (χ1v) is 5.20. The normalized spacial score (nSPS) is 11.5. The molecule has 0 bridgehead atoms. The highest BCUT2D eigenvalue weighted by atomic mass is 19.4. The number of carboxylic acids is 1. The number of alkyl halides is 3. The minimum Gasteiger partial charge on any atom is -0.481 e. The fourth-order valence-corrected chi connectivity index (χ4v) is 1.48. The monoisotopic (exact) mass is 271 g/mol. The molecule has 7 heteroatoms. The molecule has 1 aromatic carbocycles. The Bertz CT molecular complexity index is 587. The smallest absolute Gasteiger partial charge is 0.416 e. The van der Waals surface area contributed by atoms with Crippen molar-refractivity contribution in [2.75, 3.05) is 0 Å². The Labute approximate surface area is 105 Å². The Morgan fingerprint density at radius 3 is 2.42 bits per heavy atom. The van der Waals surface area contributed by atoms with Gasteiger partial charge in [0.15, 0.2) is 0 Å². The summed E-state index contributed by atoms with van der Waals surface area (Å²) in [6, 6.07) is 4.27. The molecule has 1 heterocycles. The Morgan fingerprint density at radius 2 is 1.89 bits per heavy atom. The number of rotatable bonds is 3. The number of aliphatic carboxylic acids is 1. The number of hydrogen-bond donors (Lipinski definition) is 1. The molecule has 2 aromatic rings. The maximum atomic E-state index is 12.4. The lowest BCUT2D eigenvalue weighted by Gasteiger charge is -2.05. The quantitative estimate of drug-likeness (QED) is 0.932. The van der Waals surface area contributed by atoms with E-state index in [9.17, 15) is 18.0 Å². The Kier molecular flexibility index (Phi) is 3.28. The third kappa shape index (κ3) is 3.12. The van der Waals surface area contributed by atoms with Gasteiger partial charge in [-0.05, 0) is 24.3 Å². The molecule has 0 saturated heterocycles. The van der Waals surface area contributed by atoms with E-state index in [-0.39, 0.29) is 18.0 Å². The van der Waals surface area contributed by atoms with Crippen LogP contribution in [0.1, 0.15) is 11.3 Å². The molecule has 0 saturated carbocycles. The Morgan fingerprint density at radius 1 is 1.26 bits per heavy atom. The van der Waals surface area contributed by atoms with Gasteiger partial charge in [0.05, 0.1) is 17.7 Å². The van der Waals surface area contributed by atoms with Crippen molar-refractivity contribution in [3.63, 3.8) is 0 Å². The van der Waals surface area contributed by atoms with Crippen molar-refractivity contribution in [1.82, 2.24) is 4.98 Å². The number of carbonyl (C=O) groups is 1. The SMILES string of the molecule is O=C(O)Cc1coc(-c2ccc(C(F)(F)F)cc2)n1. The summed E-state index contributed by atoms with van der Waals surface area (Å²) in [5.74, 6) is -0.975. The third-order valence-corrected chi connectivity index (χ3v) is 2.34. The highest BCUT2D eigenvalue weighted by Crippen LogP contribution is 2.30. The van der Waals surface area contributed by atoms with Gasteiger partial charge in [-0.1, -0.05) is 0 Å². The summed E-state index contributed by atoms with van der Waals surface area (Å²) in [6.45, 7) is 0. The van der Waals surface area contributed by atoms with Crippen molar-refractivity contribution in [3.8, 4) is 11.5 Å². The van der Waals surface area contributed by atoms with Crippen LogP contribution in [0, 0.1) is 0 Å². The third-order valence-electron chi connectivity index (χ3n) is 2.34. The molecular weight excluding hydrogens is 263 g/mol. The van der Waals surface area contributed by atoms with Gasteiger partial charge in [-0.25, -0.2) is 4.98 Å². The van der Waals surface area contributed by atoms with E-state index in [4.69, 9.17) is 9.52 Å². The Hall–Kier alpha value is -2.31. The maximum absolute atomic E-state index is 12.4. The largest absolute Gasteiger partial charge is 0.481 e. The lowest BCUT2D eigenvalue weighted by Crippen LogP contribution is -2.04. The van der Waals surface area contributed by atoms with Gasteiger partial charge in [0.1, 0.15) is 6.26 Å². The van der Waals surface area contributed by atoms with E-state index in [2.05, 4.69) is 4.98 Å². The molecule has 0 atom stereocenters. The molecule has 0 aliphatic carbocycles. The van der Waals surface area contributed by atoms with Crippen LogP contribution in [-0.2, 0) is 17.4 Å². The summed E-state index contributed by atoms with van der Waals surface area (Å²) >= 11 is 0. The predicted molar refractivity (Wildman–Crippen MR) is 58.3 cm³/mol. The molecule has 2 rings (SSSR count). The highest BCUT2D eigenvalue weighted by Gasteiger charge is 2.30. The maximum Gasteiger partial charge on any atom is 0.416 e. The standard InChI is InChI=1S/C12H8F3NO3/c13-12(14,15)8-3-1-7(2-4-8)11-16-9(6-19-11)5-10(17)18/h1-4,6H,5H2,(H,17,18). The van der Waals surface area contributed by atoms with E-state index in [1.54, 1.807) is 0 Å². The van der Waals surface area contributed by atoms with Crippen molar-refractivity contribution in [3.05, 3.63) is 41.8 Å². The summed E-state index contributed by atoms with van der Waals surface area (Å²) in [7, 11) is 0. The molecule has 0 radical (unpaired) electrons. The van der Waals surface area contributed by atoms with Crippen molar-refractivity contribution in [1.29, 1.82) is 0 Å². The first kappa shape index (κ1) is 13.1. The summed E-state index contributed by atoms with van der Waals surface area (Å²) < 4.78 is 42.1. The summed E-state index contributed by atoms with van der Waals surface area (Å²) in [4.78, 5) is 14.3. The minimum atomic E-state index is -4.40. The Balaban J connectivity index is 2.23. The minimum absolute atomic E-state index is 0.0879. The number of benzene rings is 1. The lowest BCUT2D eigenvalue weighted by atomic mass is 10.1. The van der Waals surface area contributed by atoms with Crippen LogP contribution in [0.25, 0.3) is 11.5 Å². The number of hydrogen-bond acceptors (Lipinski definition) is 3. The van der Waals surface area contributed by atoms with Gasteiger partial charge in [-0.2, -0.15) is 13.2 Å². The molecule has 4 nitrogen and oxygen atoms in total. The molecular formula is C12H8F3NO3. The number of oxazole rings is 1. The van der Waals surface area contributed by atoms with Gasteiger partial charge in [0.2, 0.25) is 5.89 Å². The van der Waals surface area contributed by atoms with Gasteiger partial charge in [0.25, 0.3) is 0 Å². The van der Waals surface area contributed by atoms with Crippen LogP contribution in [0.3, 0.4) is 0 Å². The van der Waals surface area contributed by atoms with Crippen molar-refractivity contribution < 1.29 is 27.5 Å². The molecule has 0 aliphatic rings. The molecule has 0 spiro atoms. The number of halogens is 3. The molecule has 0 fully saturated rings. The molecule has 0 amide bonds. The van der Waals surface area contributed by atoms with Gasteiger partial charge < -0.3 is 9.52 Å². The molecule has 100 valence electrons. The van der Waals surface area contributed by atoms with Gasteiger partial charge in [0, 0.05) is 5.56 Å². The summed E-state index contributed by atoms with van der Waals surface area (Å²) in [5.41, 5.74) is -0.208. The van der Waals surface area contributed by atoms with Crippen LogP contribution in [0.5, 0.6) is 0 Å². The van der Waals surface area contributed by atoms with E-state index in [1.165, 1.54) is 18.4 Å². The van der Waals surface area contributed by atoms with Crippen LogP contribution >= 0.6 is 0 Å². The number of nitrogens with zero attached hydrogens (tertiary/aromatic N) is 1. The molecule has 19 heavy (non-hydrogen) atoms. The zero-order valence-corrected chi connectivity index (χ0v) is 9.44. The predicted octanol–water partition coefficient (Wildman–Crippen LogP) is 2.99. The first-order valence-electron chi connectivity index (χ1n) is 5.20. The summed E-state index contributed by atoms with van der Waals surface area (Å²) in [5, 5.41) is 8.57. The van der Waals surface area contributed by atoms with E-state index >= 15 is 0 Å². The molecule has 0 aliphatic heterocycles. The fraction of sp³-hybridized carbons (Fsp3) is 0.167. The number of aromatic nitrogens is 1. The average Bonchev–Trinajstić information content (AvgIpc) is 2.75. The first-order chi connectivity index (χ1) is 8.86. The zero-order valence-electron chi connectivity index (χ0n) is 9.44. The second-order valence-corrected chi connectivity index (χ2v) is 3.79. The summed E-state index contributed by atoms with van der Waals surface area (Å²) in [6.07, 6.45) is -3.53. The molecule has 0 unspecified atom stereocenters. The molecule has 1 aromatic heterocycles. The van der Waals surface area contributed by atoms with E-state index < -0.39 is 17.7 Å². The van der Waals surface area contributed by atoms with Crippen LogP contribution in [0.2, 0.25) is 0 Å². The van der Waals surface area contributed by atoms with Gasteiger partial charge in [-0.15, -0.1) is 0 Å².